The predicted octanol–water partition coefficient (Wildman–Crippen LogP) is 4.41. The lowest BCUT2D eigenvalue weighted by Crippen LogP contribution is -2.63. The van der Waals surface area contributed by atoms with Crippen molar-refractivity contribution in [2.75, 3.05) is 13.1 Å². The third-order valence-electron chi connectivity index (χ3n) is 5.29. The molecule has 1 N–H and O–H groups in total. The third kappa shape index (κ3) is 6.39. The number of hydrogen-bond acceptors (Lipinski definition) is 2. The van der Waals surface area contributed by atoms with Gasteiger partial charge in [-0.2, -0.15) is 0 Å². The summed E-state index contributed by atoms with van der Waals surface area (Å²) in [5, 5.41) is 3.08. The van der Waals surface area contributed by atoms with Crippen LogP contribution < -0.4 is 5.32 Å². The molecular weight excluding hydrogens is 298 g/mol. The molecular formula is C20H38N3O+. The largest absolute Gasteiger partial charge is 0.307 e. The van der Waals surface area contributed by atoms with Gasteiger partial charge in [0.25, 0.3) is 0 Å². The highest BCUT2D eigenvalue weighted by Crippen LogP contribution is 2.26. The van der Waals surface area contributed by atoms with Gasteiger partial charge in [-0.1, -0.05) is 38.3 Å². The zero-order valence-electron chi connectivity index (χ0n) is 16.3. The minimum Gasteiger partial charge on any atom is -0.307 e. The molecule has 0 aliphatic carbocycles. The van der Waals surface area contributed by atoms with Crippen LogP contribution in [0.4, 0.5) is 0 Å². The Morgan fingerprint density at radius 2 is 1.96 bits per heavy atom. The summed E-state index contributed by atoms with van der Waals surface area (Å²) < 4.78 is 0.861. The van der Waals surface area contributed by atoms with E-state index in [-0.39, 0.29) is 18.2 Å². The lowest BCUT2D eigenvalue weighted by molar-refractivity contribution is -0.959. The molecule has 0 saturated heterocycles. The van der Waals surface area contributed by atoms with Gasteiger partial charge in [0.2, 0.25) is 5.91 Å². The third-order valence-corrected chi connectivity index (χ3v) is 5.29. The maximum atomic E-state index is 11.4. The van der Waals surface area contributed by atoms with Gasteiger partial charge >= 0.3 is 0 Å². The van der Waals surface area contributed by atoms with Crippen molar-refractivity contribution in [2.24, 2.45) is 4.99 Å². The van der Waals surface area contributed by atoms with Crippen molar-refractivity contribution < 1.29 is 9.28 Å². The van der Waals surface area contributed by atoms with Gasteiger partial charge in [-0.3, -0.25) is 9.28 Å². The molecule has 1 rings (SSSR count). The molecule has 0 saturated carbocycles. The molecule has 4 heteroatoms. The first-order valence-corrected chi connectivity index (χ1v) is 9.87. The summed E-state index contributed by atoms with van der Waals surface area (Å²) in [6.07, 6.45) is 17.1. The SMILES string of the molecule is CCCCCC/C=C/CCCC1N=CC[N+]1(CC)C(C)NC(C)=O. The Balaban J connectivity index is 2.35. The Labute approximate surface area is 149 Å². The molecule has 0 radical (unpaired) electrons. The Bertz CT molecular complexity index is 419. The summed E-state index contributed by atoms with van der Waals surface area (Å²) in [5.74, 6) is 0.0464. The molecule has 0 aromatic rings. The van der Waals surface area contributed by atoms with E-state index in [0.717, 1.165) is 30.4 Å². The fourth-order valence-corrected chi connectivity index (χ4v) is 3.70. The van der Waals surface area contributed by atoms with E-state index in [4.69, 9.17) is 4.99 Å². The van der Waals surface area contributed by atoms with Crippen molar-refractivity contribution in [1.82, 2.24) is 5.32 Å². The number of carbonyl (C=O) groups excluding carboxylic acids is 1. The van der Waals surface area contributed by atoms with Crippen LogP contribution in [0.15, 0.2) is 17.1 Å². The van der Waals surface area contributed by atoms with E-state index in [1.54, 1.807) is 6.92 Å². The second kappa shape index (κ2) is 11.4. The van der Waals surface area contributed by atoms with Crippen molar-refractivity contribution in [1.29, 1.82) is 0 Å². The van der Waals surface area contributed by atoms with Crippen LogP contribution in [0.5, 0.6) is 0 Å². The van der Waals surface area contributed by atoms with Crippen LogP contribution in [-0.4, -0.2) is 42.0 Å². The first-order chi connectivity index (χ1) is 11.6. The number of allylic oxidation sites excluding steroid dienone is 2. The number of aliphatic imine (C=N–C) groups is 1. The van der Waals surface area contributed by atoms with Crippen LogP contribution in [0.25, 0.3) is 0 Å². The maximum Gasteiger partial charge on any atom is 0.221 e. The molecule has 3 unspecified atom stereocenters. The minimum absolute atomic E-state index is 0.0464. The summed E-state index contributed by atoms with van der Waals surface area (Å²) in [4.78, 5) is 16.2. The molecule has 138 valence electrons. The fourth-order valence-electron chi connectivity index (χ4n) is 3.70. The summed E-state index contributed by atoms with van der Waals surface area (Å²) in [6.45, 7) is 10.1. The highest BCUT2D eigenvalue weighted by atomic mass is 16.1. The number of amides is 1. The summed E-state index contributed by atoms with van der Waals surface area (Å²) in [6, 6.07) is 0. The molecule has 24 heavy (non-hydrogen) atoms. The Kier molecular flexibility index (Phi) is 9.92. The van der Waals surface area contributed by atoms with Gasteiger partial charge in [-0.25, -0.2) is 4.99 Å². The van der Waals surface area contributed by atoms with Crippen LogP contribution in [-0.2, 0) is 4.79 Å². The van der Waals surface area contributed by atoms with Gasteiger partial charge < -0.3 is 5.32 Å². The lowest BCUT2D eigenvalue weighted by atomic mass is 10.1. The molecule has 1 amide bonds. The quantitative estimate of drug-likeness (QED) is 0.320. The monoisotopic (exact) mass is 336 g/mol. The summed E-state index contributed by atoms with van der Waals surface area (Å²) in [5.41, 5.74) is 0. The van der Waals surface area contributed by atoms with Crippen molar-refractivity contribution in [3.8, 4) is 0 Å². The number of nitrogens with zero attached hydrogens (tertiary/aromatic N) is 2. The van der Waals surface area contributed by atoms with Gasteiger partial charge in [-0.15, -0.1) is 0 Å². The van der Waals surface area contributed by atoms with Crippen LogP contribution in [0.3, 0.4) is 0 Å². The second-order valence-corrected chi connectivity index (χ2v) is 7.04. The molecule has 0 fully saturated rings. The Morgan fingerprint density at radius 1 is 1.25 bits per heavy atom. The Morgan fingerprint density at radius 3 is 2.58 bits per heavy atom. The minimum atomic E-state index is 0.0464. The maximum absolute atomic E-state index is 11.4. The van der Waals surface area contributed by atoms with Crippen molar-refractivity contribution in [3.05, 3.63) is 12.2 Å². The van der Waals surface area contributed by atoms with E-state index >= 15 is 0 Å². The molecule has 0 spiro atoms. The van der Waals surface area contributed by atoms with E-state index in [9.17, 15) is 4.79 Å². The second-order valence-electron chi connectivity index (χ2n) is 7.04. The average molecular weight is 337 g/mol. The average Bonchev–Trinajstić information content (AvgIpc) is 2.97. The number of rotatable bonds is 12. The molecule has 0 bridgehead atoms. The first-order valence-electron chi connectivity index (χ1n) is 9.87. The van der Waals surface area contributed by atoms with Gasteiger partial charge in [0, 0.05) is 20.3 Å². The van der Waals surface area contributed by atoms with Gasteiger partial charge in [-0.05, 0) is 32.6 Å². The van der Waals surface area contributed by atoms with Gasteiger partial charge in [0.1, 0.15) is 6.54 Å². The highest BCUT2D eigenvalue weighted by molar-refractivity contribution is 5.73. The molecule has 4 nitrogen and oxygen atoms in total. The zero-order valence-corrected chi connectivity index (χ0v) is 16.3. The van der Waals surface area contributed by atoms with Crippen LogP contribution in [0.1, 0.15) is 79.1 Å². The van der Waals surface area contributed by atoms with Crippen molar-refractivity contribution in [3.63, 3.8) is 0 Å². The normalized spacial score (nSPS) is 24.6. The first kappa shape index (κ1) is 20.9. The summed E-state index contributed by atoms with van der Waals surface area (Å²) in [7, 11) is 0. The smallest absolute Gasteiger partial charge is 0.221 e. The lowest BCUT2D eigenvalue weighted by Gasteiger charge is -2.42. The number of nitrogens with one attached hydrogen (secondary N) is 1. The number of quaternary nitrogens is 1. The van der Waals surface area contributed by atoms with E-state index in [1.807, 2.05) is 0 Å². The van der Waals surface area contributed by atoms with E-state index in [1.165, 1.54) is 38.5 Å². The zero-order chi connectivity index (χ0) is 17.8. The number of carbonyl (C=O) groups is 1. The van der Waals surface area contributed by atoms with E-state index in [2.05, 4.69) is 44.5 Å². The van der Waals surface area contributed by atoms with E-state index < -0.39 is 0 Å². The van der Waals surface area contributed by atoms with Crippen LogP contribution >= 0.6 is 0 Å². The van der Waals surface area contributed by atoms with Crippen LogP contribution in [0, 0.1) is 0 Å². The van der Waals surface area contributed by atoms with E-state index in [0.29, 0.717) is 0 Å². The fraction of sp³-hybridized carbons (Fsp3) is 0.800. The number of hydrogen-bond donors (Lipinski definition) is 1. The van der Waals surface area contributed by atoms with Crippen molar-refractivity contribution in [2.45, 2.75) is 91.4 Å². The summed E-state index contributed by atoms with van der Waals surface area (Å²) >= 11 is 0. The molecule has 1 aliphatic rings. The van der Waals surface area contributed by atoms with Crippen LogP contribution in [0.2, 0.25) is 0 Å². The predicted molar refractivity (Wildman–Crippen MR) is 103 cm³/mol. The van der Waals surface area contributed by atoms with Gasteiger partial charge in [0.15, 0.2) is 12.3 Å². The van der Waals surface area contributed by atoms with Gasteiger partial charge in [0.05, 0.1) is 12.8 Å². The number of unbranched alkanes of at least 4 members (excludes halogenated alkanes) is 5. The topological polar surface area (TPSA) is 41.5 Å². The molecule has 1 aliphatic heterocycles. The van der Waals surface area contributed by atoms with Crippen molar-refractivity contribution >= 4 is 12.1 Å². The molecule has 3 atom stereocenters. The molecule has 0 aromatic heterocycles. The highest BCUT2D eigenvalue weighted by Gasteiger charge is 2.42. The Hall–Kier alpha value is -1.16. The molecule has 0 aromatic carbocycles. The standard InChI is InChI=1S/C20H37N3O/c1-5-7-8-9-10-11-12-13-14-15-20-21-16-17-23(20,6-2)18(3)22-19(4)24/h11-12,16,18,20H,5-10,13-15,17H2,1-4H3/p+1/b12-11+. The molecule has 1 heterocycles.